The smallest absolute Gasteiger partial charge is 0.238 e. The minimum Gasteiger partial charge on any atom is -0.345 e. The summed E-state index contributed by atoms with van der Waals surface area (Å²) in [6.45, 7) is 0.362. The Morgan fingerprint density at radius 3 is 3.06 bits per heavy atom. The fourth-order valence-electron chi connectivity index (χ4n) is 1.54. The maximum absolute atomic E-state index is 11.6. The number of hydrogen-bond donors (Lipinski definition) is 2. The number of nitrogens with one attached hydrogen (secondary N) is 2. The van der Waals surface area contributed by atoms with Crippen molar-refractivity contribution in [2.24, 2.45) is 0 Å². The molecule has 16 heavy (non-hydrogen) atoms. The molecule has 0 atom stereocenters. The van der Waals surface area contributed by atoms with Crippen LogP contribution in [-0.2, 0) is 4.79 Å². The molecule has 5 heteroatoms. The minimum absolute atomic E-state index is 0.0412. The summed E-state index contributed by atoms with van der Waals surface area (Å²) >= 11 is 0. The zero-order valence-corrected chi connectivity index (χ0v) is 9.32. The van der Waals surface area contributed by atoms with Crippen molar-refractivity contribution in [2.45, 2.75) is 0 Å². The lowest BCUT2D eigenvalue weighted by molar-refractivity contribution is -0.116. The monoisotopic (exact) mass is 218 g/mol. The number of carbonyl (C=O) groups excluding carboxylic acids is 1. The summed E-state index contributed by atoms with van der Waals surface area (Å²) < 4.78 is 0. The lowest BCUT2D eigenvalue weighted by Crippen LogP contribution is -2.27. The maximum Gasteiger partial charge on any atom is 0.238 e. The molecule has 2 aromatic rings. The van der Waals surface area contributed by atoms with Crippen molar-refractivity contribution in [3.8, 4) is 0 Å². The van der Waals surface area contributed by atoms with Gasteiger partial charge in [0.1, 0.15) is 5.52 Å². The van der Waals surface area contributed by atoms with Gasteiger partial charge in [0.05, 0.1) is 24.1 Å². The van der Waals surface area contributed by atoms with Gasteiger partial charge in [0.25, 0.3) is 0 Å². The molecule has 5 nitrogen and oxygen atoms in total. The van der Waals surface area contributed by atoms with Crippen molar-refractivity contribution < 1.29 is 4.79 Å². The molecule has 1 aromatic heterocycles. The Morgan fingerprint density at radius 1 is 1.50 bits per heavy atom. The van der Waals surface area contributed by atoms with Gasteiger partial charge in [-0.2, -0.15) is 0 Å². The van der Waals surface area contributed by atoms with Gasteiger partial charge in [-0.25, -0.2) is 4.98 Å². The Morgan fingerprint density at radius 2 is 2.31 bits per heavy atom. The largest absolute Gasteiger partial charge is 0.345 e. The van der Waals surface area contributed by atoms with E-state index in [2.05, 4.69) is 15.3 Å². The molecule has 0 unspecified atom stereocenters. The molecule has 1 heterocycles. The van der Waals surface area contributed by atoms with E-state index in [0.717, 1.165) is 16.7 Å². The Bertz CT molecular complexity index is 503. The third-order valence-corrected chi connectivity index (χ3v) is 2.18. The molecule has 0 fully saturated rings. The number of aromatic amines is 1. The van der Waals surface area contributed by atoms with Crippen LogP contribution in [0, 0.1) is 0 Å². The van der Waals surface area contributed by atoms with Gasteiger partial charge in [0.15, 0.2) is 0 Å². The lowest BCUT2D eigenvalue weighted by atomic mass is 10.2. The molecule has 0 spiro atoms. The second-order valence-electron chi connectivity index (χ2n) is 3.89. The Kier molecular flexibility index (Phi) is 2.87. The number of nitrogens with zero attached hydrogens (tertiary/aromatic N) is 2. The van der Waals surface area contributed by atoms with Crippen LogP contribution in [-0.4, -0.2) is 41.4 Å². The van der Waals surface area contributed by atoms with Crippen LogP contribution in [0.25, 0.3) is 11.0 Å². The predicted molar refractivity (Wildman–Crippen MR) is 63.3 cm³/mol. The van der Waals surface area contributed by atoms with Gasteiger partial charge in [0.2, 0.25) is 5.91 Å². The van der Waals surface area contributed by atoms with E-state index in [1.54, 1.807) is 6.33 Å². The first-order valence-electron chi connectivity index (χ1n) is 5.03. The first-order valence-corrected chi connectivity index (χ1v) is 5.03. The van der Waals surface area contributed by atoms with Gasteiger partial charge in [-0.15, -0.1) is 0 Å². The number of likely N-dealkylation sites (N-methyl/N-ethyl adjacent to an activating group) is 1. The second kappa shape index (κ2) is 4.32. The van der Waals surface area contributed by atoms with Crippen LogP contribution in [0.5, 0.6) is 0 Å². The van der Waals surface area contributed by atoms with E-state index in [9.17, 15) is 4.79 Å². The molecule has 0 bridgehead atoms. The Hall–Kier alpha value is -1.88. The van der Waals surface area contributed by atoms with E-state index in [1.807, 2.05) is 37.2 Å². The number of carbonyl (C=O) groups is 1. The maximum atomic E-state index is 11.6. The number of hydrogen-bond acceptors (Lipinski definition) is 3. The molecule has 0 aliphatic rings. The third kappa shape index (κ3) is 2.20. The van der Waals surface area contributed by atoms with Crippen LogP contribution in [0.4, 0.5) is 5.69 Å². The standard InChI is InChI=1S/C11H14N4O/c1-15(2)6-10(16)14-9-5-3-4-8-11(9)13-7-12-8/h3-5,7H,6H2,1-2H3,(H,12,13)(H,14,16). The van der Waals surface area contributed by atoms with Gasteiger partial charge in [-0.1, -0.05) is 6.07 Å². The molecule has 0 saturated carbocycles. The molecule has 1 aromatic carbocycles. The number of anilines is 1. The number of aromatic nitrogens is 2. The van der Waals surface area contributed by atoms with Crippen LogP contribution in [0.15, 0.2) is 24.5 Å². The highest BCUT2D eigenvalue weighted by atomic mass is 16.2. The van der Waals surface area contributed by atoms with Gasteiger partial charge in [-0.05, 0) is 26.2 Å². The van der Waals surface area contributed by atoms with E-state index in [4.69, 9.17) is 0 Å². The summed E-state index contributed by atoms with van der Waals surface area (Å²) in [7, 11) is 3.71. The predicted octanol–water partition coefficient (Wildman–Crippen LogP) is 1.06. The molecule has 84 valence electrons. The molecule has 0 aliphatic carbocycles. The SMILES string of the molecule is CN(C)CC(=O)Nc1cccc2[nH]cnc12. The zero-order valence-electron chi connectivity index (χ0n) is 9.32. The van der Waals surface area contributed by atoms with Crippen LogP contribution in [0.3, 0.4) is 0 Å². The molecular weight excluding hydrogens is 204 g/mol. The van der Waals surface area contributed by atoms with E-state index in [1.165, 1.54) is 0 Å². The van der Waals surface area contributed by atoms with Crippen molar-refractivity contribution in [3.05, 3.63) is 24.5 Å². The highest BCUT2D eigenvalue weighted by molar-refractivity contribution is 6.00. The minimum atomic E-state index is -0.0412. The summed E-state index contributed by atoms with van der Waals surface area (Å²) in [5, 5.41) is 2.84. The van der Waals surface area contributed by atoms with Gasteiger partial charge in [-0.3, -0.25) is 4.79 Å². The molecule has 0 radical (unpaired) electrons. The third-order valence-electron chi connectivity index (χ3n) is 2.18. The van der Waals surface area contributed by atoms with E-state index in [-0.39, 0.29) is 5.91 Å². The first kappa shape index (κ1) is 10.6. The van der Waals surface area contributed by atoms with Crippen molar-refractivity contribution in [1.29, 1.82) is 0 Å². The van der Waals surface area contributed by atoms with Crippen molar-refractivity contribution in [2.75, 3.05) is 26.0 Å². The average Bonchev–Trinajstić information content (AvgIpc) is 2.65. The molecule has 2 rings (SSSR count). The number of imidazole rings is 1. The number of fused-ring (bicyclic) bond motifs is 1. The first-order chi connectivity index (χ1) is 7.66. The molecule has 2 N–H and O–H groups in total. The number of amides is 1. The van der Waals surface area contributed by atoms with Crippen molar-refractivity contribution in [1.82, 2.24) is 14.9 Å². The zero-order chi connectivity index (χ0) is 11.5. The highest BCUT2D eigenvalue weighted by Gasteiger charge is 2.07. The van der Waals surface area contributed by atoms with Gasteiger partial charge in [0, 0.05) is 0 Å². The number of benzene rings is 1. The lowest BCUT2D eigenvalue weighted by Gasteiger charge is -2.10. The van der Waals surface area contributed by atoms with E-state index < -0.39 is 0 Å². The van der Waals surface area contributed by atoms with E-state index in [0.29, 0.717) is 6.54 Å². The van der Waals surface area contributed by atoms with Crippen LogP contribution in [0.1, 0.15) is 0 Å². The Labute approximate surface area is 93.5 Å². The topological polar surface area (TPSA) is 61.0 Å². The summed E-state index contributed by atoms with van der Waals surface area (Å²) in [5.74, 6) is -0.0412. The molecule has 0 saturated heterocycles. The quantitative estimate of drug-likeness (QED) is 0.810. The van der Waals surface area contributed by atoms with E-state index >= 15 is 0 Å². The average molecular weight is 218 g/mol. The van der Waals surface area contributed by atoms with Crippen LogP contribution >= 0.6 is 0 Å². The summed E-state index contributed by atoms with van der Waals surface area (Å²) in [6.07, 6.45) is 1.62. The van der Waals surface area contributed by atoms with Crippen LogP contribution in [0.2, 0.25) is 0 Å². The Balaban J connectivity index is 2.20. The number of H-pyrrole nitrogens is 1. The normalized spacial score (nSPS) is 10.9. The summed E-state index contributed by atoms with van der Waals surface area (Å²) in [5.41, 5.74) is 2.45. The molecule has 1 amide bonds. The summed E-state index contributed by atoms with van der Waals surface area (Å²) in [4.78, 5) is 20.6. The van der Waals surface area contributed by atoms with Gasteiger partial charge < -0.3 is 15.2 Å². The molecule has 0 aliphatic heterocycles. The molecular formula is C11H14N4O. The second-order valence-corrected chi connectivity index (χ2v) is 3.89. The number of rotatable bonds is 3. The van der Waals surface area contributed by atoms with Crippen molar-refractivity contribution >= 4 is 22.6 Å². The fraction of sp³-hybridized carbons (Fsp3) is 0.273. The van der Waals surface area contributed by atoms with Gasteiger partial charge >= 0.3 is 0 Å². The number of para-hydroxylation sites is 1. The summed E-state index contributed by atoms with van der Waals surface area (Å²) in [6, 6.07) is 5.65. The van der Waals surface area contributed by atoms with Crippen LogP contribution < -0.4 is 5.32 Å². The highest BCUT2D eigenvalue weighted by Crippen LogP contribution is 2.19. The van der Waals surface area contributed by atoms with Crippen molar-refractivity contribution in [3.63, 3.8) is 0 Å². The fourth-order valence-corrected chi connectivity index (χ4v) is 1.54.